The molecule has 1 aliphatic rings. The van der Waals surface area contributed by atoms with Crippen LogP contribution in [0.1, 0.15) is 37.8 Å². The molecule has 1 fully saturated rings. The van der Waals surface area contributed by atoms with Gasteiger partial charge in [0.1, 0.15) is 0 Å². The van der Waals surface area contributed by atoms with E-state index in [1.807, 2.05) is 19.1 Å². The minimum Gasteiger partial charge on any atom is -0.385 e. The third-order valence-corrected chi connectivity index (χ3v) is 3.73. The molecular weight excluding hydrogens is 238 g/mol. The monoisotopic (exact) mass is 263 g/mol. The molecule has 2 atom stereocenters. The average Bonchev–Trinajstić information content (AvgIpc) is 2.40. The van der Waals surface area contributed by atoms with E-state index in [1.165, 1.54) is 5.56 Å². The second-order valence-corrected chi connectivity index (χ2v) is 5.65. The summed E-state index contributed by atoms with van der Waals surface area (Å²) in [6.07, 6.45) is 2.88. The van der Waals surface area contributed by atoms with Crippen molar-refractivity contribution < 1.29 is 9.84 Å². The fraction of sp³-hybridized carbons (Fsp3) is 0.625. The maximum absolute atomic E-state index is 10.7. The molecule has 1 aromatic carbocycles. The van der Waals surface area contributed by atoms with Gasteiger partial charge in [-0.2, -0.15) is 0 Å². The number of benzene rings is 1. The van der Waals surface area contributed by atoms with E-state index in [-0.39, 0.29) is 6.04 Å². The smallest absolute Gasteiger partial charge is 0.0884 e. The van der Waals surface area contributed by atoms with Gasteiger partial charge in [0.15, 0.2) is 0 Å². The van der Waals surface area contributed by atoms with Gasteiger partial charge in [-0.25, -0.2) is 0 Å². The van der Waals surface area contributed by atoms with E-state index in [1.54, 1.807) is 0 Å². The van der Waals surface area contributed by atoms with Crippen LogP contribution in [0.4, 0.5) is 0 Å². The average molecular weight is 263 g/mol. The summed E-state index contributed by atoms with van der Waals surface area (Å²) in [6.45, 7) is 6.40. The lowest BCUT2D eigenvalue weighted by Crippen LogP contribution is -2.45. The van der Waals surface area contributed by atoms with Crippen molar-refractivity contribution in [3.8, 4) is 0 Å². The second kappa shape index (κ2) is 6.51. The molecule has 1 saturated heterocycles. The third kappa shape index (κ3) is 4.03. The van der Waals surface area contributed by atoms with E-state index >= 15 is 0 Å². The van der Waals surface area contributed by atoms with E-state index < -0.39 is 5.60 Å². The molecule has 0 aromatic heterocycles. The summed E-state index contributed by atoms with van der Waals surface area (Å²) in [6, 6.07) is 8.55. The van der Waals surface area contributed by atoms with Gasteiger partial charge in [-0.15, -0.1) is 0 Å². The van der Waals surface area contributed by atoms with Crippen LogP contribution >= 0.6 is 0 Å². The number of rotatable bonds is 5. The van der Waals surface area contributed by atoms with Gasteiger partial charge in [-0.05, 0) is 30.9 Å². The Morgan fingerprint density at radius 2 is 2.32 bits per heavy atom. The molecule has 3 heteroatoms. The molecule has 0 aliphatic carbocycles. The summed E-state index contributed by atoms with van der Waals surface area (Å²) in [5.41, 5.74) is 1.50. The Hall–Kier alpha value is -0.900. The highest BCUT2D eigenvalue weighted by Crippen LogP contribution is 2.27. The zero-order chi connectivity index (χ0) is 13.7. The highest BCUT2D eigenvalue weighted by atomic mass is 16.5. The molecule has 1 heterocycles. The van der Waals surface area contributed by atoms with Crippen LogP contribution in [0.2, 0.25) is 0 Å². The molecule has 0 radical (unpaired) electrons. The molecule has 0 spiro atoms. The van der Waals surface area contributed by atoms with Crippen LogP contribution in [0.3, 0.4) is 0 Å². The number of aliphatic hydroxyl groups is 1. The van der Waals surface area contributed by atoms with Gasteiger partial charge in [0.2, 0.25) is 0 Å². The zero-order valence-electron chi connectivity index (χ0n) is 12.0. The Balaban J connectivity index is 2.06. The summed E-state index contributed by atoms with van der Waals surface area (Å²) in [5, 5.41) is 14.1. The van der Waals surface area contributed by atoms with Crippen molar-refractivity contribution >= 4 is 0 Å². The van der Waals surface area contributed by atoms with E-state index in [4.69, 9.17) is 4.74 Å². The van der Waals surface area contributed by atoms with Gasteiger partial charge in [0.05, 0.1) is 18.8 Å². The third-order valence-electron chi connectivity index (χ3n) is 3.73. The van der Waals surface area contributed by atoms with Crippen molar-refractivity contribution in [3.63, 3.8) is 0 Å². The van der Waals surface area contributed by atoms with Gasteiger partial charge in [0.25, 0.3) is 0 Å². The molecule has 2 rings (SSSR count). The Morgan fingerprint density at radius 1 is 1.47 bits per heavy atom. The Bertz CT molecular complexity index is 397. The summed E-state index contributed by atoms with van der Waals surface area (Å²) < 4.78 is 5.45. The minimum absolute atomic E-state index is 0.235. The van der Waals surface area contributed by atoms with Crippen molar-refractivity contribution in [3.05, 3.63) is 35.4 Å². The van der Waals surface area contributed by atoms with Crippen molar-refractivity contribution in [1.29, 1.82) is 0 Å². The van der Waals surface area contributed by atoms with Crippen LogP contribution in [-0.2, 0) is 16.8 Å². The van der Waals surface area contributed by atoms with E-state index in [2.05, 4.69) is 24.4 Å². The number of hydrogen-bond acceptors (Lipinski definition) is 3. The van der Waals surface area contributed by atoms with Crippen molar-refractivity contribution in [1.82, 2.24) is 5.32 Å². The first-order valence-corrected chi connectivity index (χ1v) is 7.25. The van der Waals surface area contributed by atoms with Gasteiger partial charge in [0, 0.05) is 12.6 Å². The first-order chi connectivity index (χ1) is 9.12. The van der Waals surface area contributed by atoms with E-state index in [0.29, 0.717) is 13.0 Å². The Morgan fingerprint density at radius 3 is 3.00 bits per heavy atom. The largest absolute Gasteiger partial charge is 0.385 e. The molecular formula is C16H25NO2. The van der Waals surface area contributed by atoms with Crippen LogP contribution < -0.4 is 5.32 Å². The van der Waals surface area contributed by atoms with Crippen LogP contribution in [-0.4, -0.2) is 30.9 Å². The number of aryl methyl sites for hydroxylation is 1. The lowest BCUT2D eigenvalue weighted by atomic mass is 9.87. The van der Waals surface area contributed by atoms with E-state index in [0.717, 1.165) is 31.6 Å². The topological polar surface area (TPSA) is 41.5 Å². The van der Waals surface area contributed by atoms with Gasteiger partial charge >= 0.3 is 0 Å². The lowest BCUT2D eigenvalue weighted by molar-refractivity contribution is 0.00318. The molecule has 1 aromatic rings. The minimum atomic E-state index is -0.803. The standard InChI is InChI=1S/C16H25NO2/c1-3-5-13-6-4-7-14(10-13)16(2,18)11-15-12-19-9-8-17-15/h4,6-7,10,15,17-18H,3,5,8-9,11-12H2,1-2H3. The summed E-state index contributed by atoms with van der Waals surface area (Å²) in [5.74, 6) is 0. The SMILES string of the molecule is CCCc1cccc(C(C)(O)CC2COCCN2)c1. The Labute approximate surface area is 116 Å². The molecule has 106 valence electrons. The lowest BCUT2D eigenvalue weighted by Gasteiger charge is -2.32. The predicted molar refractivity (Wildman–Crippen MR) is 77.2 cm³/mol. The normalized spacial score (nSPS) is 23.0. The molecule has 3 nitrogen and oxygen atoms in total. The van der Waals surface area contributed by atoms with E-state index in [9.17, 15) is 5.11 Å². The van der Waals surface area contributed by atoms with Crippen LogP contribution in [0.25, 0.3) is 0 Å². The summed E-state index contributed by atoms with van der Waals surface area (Å²) in [4.78, 5) is 0. The first kappa shape index (κ1) is 14.5. The maximum atomic E-state index is 10.7. The molecule has 1 aliphatic heterocycles. The molecule has 0 bridgehead atoms. The number of ether oxygens (including phenoxy) is 1. The van der Waals surface area contributed by atoms with Crippen LogP contribution in [0, 0.1) is 0 Å². The first-order valence-electron chi connectivity index (χ1n) is 7.25. The molecule has 0 amide bonds. The fourth-order valence-electron chi connectivity index (χ4n) is 2.70. The highest BCUT2D eigenvalue weighted by Gasteiger charge is 2.28. The number of nitrogens with one attached hydrogen (secondary N) is 1. The predicted octanol–water partition coefficient (Wildman–Crippen LogP) is 2.23. The summed E-state index contributed by atoms with van der Waals surface area (Å²) in [7, 11) is 0. The quantitative estimate of drug-likeness (QED) is 0.856. The Kier molecular flexibility index (Phi) is 4.97. The van der Waals surface area contributed by atoms with Crippen molar-refractivity contribution in [2.24, 2.45) is 0 Å². The fourth-order valence-corrected chi connectivity index (χ4v) is 2.70. The van der Waals surface area contributed by atoms with Gasteiger partial charge in [-0.3, -0.25) is 0 Å². The maximum Gasteiger partial charge on any atom is 0.0884 e. The van der Waals surface area contributed by atoms with Crippen LogP contribution in [0.15, 0.2) is 24.3 Å². The summed E-state index contributed by atoms with van der Waals surface area (Å²) >= 11 is 0. The number of hydrogen-bond donors (Lipinski definition) is 2. The second-order valence-electron chi connectivity index (χ2n) is 5.65. The van der Waals surface area contributed by atoms with Gasteiger partial charge in [-0.1, -0.05) is 37.6 Å². The molecule has 2 N–H and O–H groups in total. The highest BCUT2D eigenvalue weighted by molar-refractivity contribution is 5.28. The molecule has 2 unspecified atom stereocenters. The van der Waals surface area contributed by atoms with Crippen LogP contribution in [0.5, 0.6) is 0 Å². The van der Waals surface area contributed by atoms with Gasteiger partial charge < -0.3 is 15.2 Å². The number of morpholine rings is 1. The zero-order valence-corrected chi connectivity index (χ0v) is 12.0. The molecule has 0 saturated carbocycles. The van der Waals surface area contributed by atoms with Crippen molar-refractivity contribution in [2.75, 3.05) is 19.8 Å². The van der Waals surface area contributed by atoms with Crippen molar-refractivity contribution in [2.45, 2.75) is 44.8 Å². The molecule has 19 heavy (non-hydrogen) atoms.